The van der Waals surface area contributed by atoms with Crippen LogP contribution in [0.3, 0.4) is 0 Å². The summed E-state index contributed by atoms with van der Waals surface area (Å²) in [4.78, 5) is 18.3. The van der Waals surface area contributed by atoms with Crippen molar-refractivity contribution in [2.75, 3.05) is 12.4 Å². The van der Waals surface area contributed by atoms with Gasteiger partial charge in [-0.25, -0.2) is 9.97 Å². The van der Waals surface area contributed by atoms with Crippen molar-refractivity contribution in [1.29, 1.82) is 0 Å². The molecule has 0 saturated carbocycles. The summed E-state index contributed by atoms with van der Waals surface area (Å²) in [6.45, 7) is 0. The fourth-order valence-electron chi connectivity index (χ4n) is 1.32. The van der Waals surface area contributed by atoms with Crippen LogP contribution in [0, 0.1) is 10.1 Å². The van der Waals surface area contributed by atoms with Crippen molar-refractivity contribution in [2.24, 2.45) is 0 Å². The molecule has 0 spiro atoms. The number of anilines is 1. The average Bonchev–Trinajstić information content (AvgIpc) is 2.27. The number of nitrogens with zero attached hydrogens (tertiary/aromatic N) is 3. The highest BCUT2D eigenvalue weighted by molar-refractivity contribution is 5.81. The van der Waals surface area contributed by atoms with Gasteiger partial charge in [-0.05, 0) is 12.1 Å². The van der Waals surface area contributed by atoms with E-state index in [0.29, 0.717) is 11.0 Å². The van der Waals surface area contributed by atoms with Gasteiger partial charge in [0.1, 0.15) is 0 Å². The first-order valence-corrected chi connectivity index (χ1v) is 4.30. The lowest BCUT2D eigenvalue weighted by molar-refractivity contribution is -0.384. The third-order valence-electron chi connectivity index (χ3n) is 2.00. The summed E-state index contributed by atoms with van der Waals surface area (Å²) in [6.07, 6.45) is 1.60. The maximum atomic E-state index is 10.7. The smallest absolute Gasteiger partial charge is 0.312 e. The minimum absolute atomic E-state index is 0.0435. The van der Waals surface area contributed by atoms with E-state index in [9.17, 15) is 10.1 Å². The van der Waals surface area contributed by atoms with Gasteiger partial charge in [-0.1, -0.05) is 0 Å². The van der Waals surface area contributed by atoms with Gasteiger partial charge in [-0.2, -0.15) is 0 Å². The summed E-state index contributed by atoms with van der Waals surface area (Å²) in [5.74, 6) is 0.228. The van der Waals surface area contributed by atoms with Crippen LogP contribution < -0.4 is 5.32 Å². The number of fused-ring (bicyclic) bond motifs is 1. The van der Waals surface area contributed by atoms with Gasteiger partial charge in [-0.3, -0.25) is 10.1 Å². The SMILES string of the molecule is CNc1nc2ncccc2cc1[N+](=O)[O-]. The molecule has 6 nitrogen and oxygen atoms in total. The first kappa shape index (κ1) is 9.32. The van der Waals surface area contributed by atoms with E-state index >= 15 is 0 Å². The Hall–Kier alpha value is -2.24. The van der Waals surface area contributed by atoms with Gasteiger partial charge >= 0.3 is 5.69 Å². The van der Waals surface area contributed by atoms with E-state index in [0.717, 1.165) is 0 Å². The number of aromatic nitrogens is 2. The third kappa shape index (κ3) is 1.56. The molecule has 0 radical (unpaired) electrons. The van der Waals surface area contributed by atoms with Crippen LogP contribution in [0.4, 0.5) is 11.5 Å². The molecule has 2 aromatic heterocycles. The van der Waals surface area contributed by atoms with Crippen molar-refractivity contribution in [3.63, 3.8) is 0 Å². The summed E-state index contributed by atoms with van der Waals surface area (Å²) in [5.41, 5.74) is 0.449. The molecule has 0 unspecified atom stereocenters. The Bertz CT molecular complexity index is 527. The molecule has 0 bridgehead atoms. The lowest BCUT2D eigenvalue weighted by Gasteiger charge is -2.02. The predicted octanol–water partition coefficient (Wildman–Crippen LogP) is 1.58. The minimum atomic E-state index is -0.467. The van der Waals surface area contributed by atoms with E-state index in [2.05, 4.69) is 15.3 Å². The molecule has 2 rings (SSSR count). The van der Waals surface area contributed by atoms with Crippen molar-refractivity contribution in [2.45, 2.75) is 0 Å². The summed E-state index contributed by atoms with van der Waals surface area (Å²) in [7, 11) is 1.59. The Morgan fingerprint density at radius 1 is 1.53 bits per heavy atom. The number of nitro groups is 1. The second-order valence-corrected chi connectivity index (χ2v) is 2.91. The van der Waals surface area contributed by atoms with Crippen molar-refractivity contribution in [1.82, 2.24) is 9.97 Å². The second-order valence-electron chi connectivity index (χ2n) is 2.91. The zero-order chi connectivity index (χ0) is 10.8. The molecule has 2 aromatic rings. The Morgan fingerprint density at radius 3 is 3.00 bits per heavy atom. The Balaban J connectivity index is 2.74. The van der Waals surface area contributed by atoms with Gasteiger partial charge in [-0.15, -0.1) is 0 Å². The molecule has 0 aliphatic heterocycles. The van der Waals surface area contributed by atoms with E-state index in [-0.39, 0.29) is 11.5 Å². The van der Waals surface area contributed by atoms with Crippen LogP contribution in [0.2, 0.25) is 0 Å². The van der Waals surface area contributed by atoms with Crippen LogP contribution >= 0.6 is 0 Å². The van der Waals surface area contributed by atoms with E-state index < -0.39 is 4.92 Å². The molecule has 15 heavy (non-hydrogen) atoms. The van der Waals surface area contributed by atoms with Crippen LogP contribution in [0.25, 0.3) is 11.0 Å². The molecule has 0 aliphatic carbocycles. The molecule has 0 fully saturated rings. The van der Waals surface area contributed by atoms with Crippen LogP contribution in [0.1, 0.15) is 0 Å². The van der Waals surface area contributed by atoms with Crippen molar-refractivity contribution >= 4 is 22.5 Å². The summed E-state index contributed by atoms with van der Waals surface area (Å²) in [6, 6.07) is 4.91. The molecule has 0 atom stereocenters. The lowest BCUT2D eigenvalue weighted by Crippen LogP contribution is -2.00. The highest BCUT2D eigenvalue weighted by Crippen LogP contribution is 2.25. The van der Waals surface area contributed by atoms with Gasteiger partial charge in [0.05, 0.1) is 4.92 Å². The highest BCUT2D eigenvalue weighted by atomic mass is 16.6. The monoisotopic (exact) mass is 204 g/mol. The van der Waals surface area contributed by atoms with E-state index in [4.69, 9.17) is 0 Å². The lowest BCUT2D eigenvalue weighted by atomic mass is 10.2. The van der Waals surface area contributed by atoms with Crippen LogP contribution in [0.15, 0.2) is 24.4 Å². The molecule has 76 valence electrons. The molecule has 0 aliphatic rings. The fraction of sp³-hybridized carbons (Fsp3) is 0.111. The largest absolute Gasteiger partial charge is 0.367 e. The van der Waals surface area contributed by atoms with Gasteiger partial charge in [0, 0.05) is 24.7 Å². The molecule has 0 saturated heterocycles. The van der Waals surface area contributed by atoms with E-state index in [1.807, 2.05) is 0 Å². The van der Waals surface area contributed by atoms with Crippen LogP contribution in [0.5, 0.6) is 0 Å². The quantitative estimate of drug-likeness (QED) is 0.593. The number of hydrogen-bond acceptors (Lipinski definition) is 5. The first-order valence-electron chi connectivity index (χ1n) is 4.30. The van der Waals surface area contributed by atoms with Gasteiger partial charge < -0.3 is 5.32 Å². The van der Waals surface area contributed by atoms with Crippen LogP contribution in [-0.4, -0.2) is 21.9 Å². The Morgan fingerprint density at radius 2 is 2.33 bits per heavy atom. The summed E-state index contributed by atoms with van der Waals surface area (Å²) in [5, 5.41) is 14.1. The first-order chi connectivity index (χ1) is 7.22. The van der Waals surface area contributed by atoms with Gasteiger partial charge in [0.2, 0.25) is 5.82 Å². The number of pyridine rings is 2. The Labute approximate surface area is 85.1 Å². The zero-order valence-electron chi connectivity index (χ0n) is 7.97. The Kier molecular flexibility index (Phi) is 2.17. The molecular formula is C9H8N4O2. The van der Waals surface area contributed by atoms with Crippen molar-refractivity contribution < 1.29 is 4.92 Å². The average molecular weight is 204 g/mol. The zero-order valence-corrected chi connectivity index (χ0v) is 7.97. The topological polar surface area (TPSA) is 81.0 Å². The van der Waals surface area contributed by atoms with Gasteiger partial charge in [0.15, 0.2) is 5.65 Å². The molecular weight excluding hydrogens is 196 g/mol. The molecule has 0 amide bonds. The predicted molar refractivity (Wildman–Crippen MR) is 55.7 cm³/mol. The van der Waals surface area contributed by atoms with E-state index in [1.165, 1.54) is 6.07 Å². The molecule has 0 aromatic carbocycles. The maximum absolute atomic E-state index is 10.7. The summed E-state index contributed by atoms with van der Waals surface area (Å²) < 4.78 is 0. The maximum Gasteiger partial charge on any atom is 0.312 e. The normalized spacial score (nSPS) is 10.2. The van der Waals surface area contributed by atoms with E-state index in [1.54, 1.807) is 25.4 Å². The highest BCUT2D eigenvalue weighted by Gasteiger charge is 2.15. The van der Waals surface area contributed by atoms with Crippen molar-refractivity contribution in [3.8, 4) is 0 Å². The standard InChI is InChI=1S/C9H8N4O2/c1-10-9-7(13(14)15)5-6-3-2-4-11-8(6)12-9/h2-5H,1H3,(H,10,11,12). The number of hydrogen-bond donors (Lipinski definition) is 1. The van der Waals surface area contributed by atoms with Crippen LogP contribution in [-0.2, 0) is 0 Å². The second kappa shape index (κ2) is 3.49. The molecule has 2 heterocycles. The molecule has 1 N–H and O–H groups in total. The van der Waals surface area contributed by atoms with Crippen molar-refractivity contribution in [3.05, 3.63) is 34.5 Å². The number of rotatable bonds is 2. The number of nitrogens with one attached hydrogen (secondary N) is 1. The fourth-order valence-corrected chi connectivity index (χ4v) is 1.32. The molecule has 6 heteroatoms. The summed E-state index contributed by atoms with van der Waals surface area (Å²) >= 11 is 0. The van der Waals surface area contributed by atoms with Gasteiger partial charge in [0.25, 0.3) is 0 Å². The minimum Gasteiger partial charge on any atom is -0.367 e. The third-order valence-corrected chi connectivity index (χ3v) is 2.00.